The summed E-state index contributed by atoms with van der Waals surface area (Å²) in [6.45, 7) is 7.62. The molecule has 3 aromatic carbocycles. The van der Waals surface area contributed by atoms with Crippen LogP contribution in [0, 0.1) is 27.7 Å². The highest BCUT2D eigenvalue weighted by Crippen LogP contribution is 2.30. The van der Waals surface area contributed by atoms with Crippen molar-refractivity contribution in [2.75, 3.05) is 31.9 Å². The highest BCUT2D eigenvalue weighted by Gasteiger charge is 2.21. The molecule has 214 valence electrons. The number of aryl methyl sites for hydroxylation is 4. The Morgan fingerprint density at radius 2 is 1.57 bits per heavy atom. The first kappa shape index (κ1) is 31.3. The second-order valence-electron chi connectivity index (χ2n) is 10.3. The summed E-state index contributed by atoms with van der Waals surface area (Å²) in [5.74, 6) is -1.18. The predicted molar refractivity (Wildman–Crippen MR) is 160 cm³/mol. The number of anilines is 1. The van der Waals surface area contributed by atoms with Crippen molar-refractivity contribution in [2.45, 2.75) is 45.1 Å². The third-order valence-electron chi connectivity index (χ3n) is 6.68. The van der Waals surface area contributed by atoms with Gasteiger partial charge in [-0.25, -0.2) is 8.42 Å². The summed E-state index contributed by atoms with van der Waals surface area (Å²) in [6.07, 6.45) is 0.379. The van der Waals surface area contributed by atoms with Gasteiger partial charge in [0.2, 0.25) is 0 Å². The number of ketones is 1. The maximum atomic E-state index is 13.2. The third-order valence-corrected chi connectivity index (χ3v) is 8.61. The Balaban J connectivity index is 1.82. The number of carbonyl (C=O) groups is 2. The third kappa shape index (κ3) is 7.69. The number of carbonyl (C=O) groups excluding carboxylic acids is 1. The first-order chi connectivity index (χ1) is 18.7. The van der Waals surface area contributed by atoms with Crippen molar-refractivity contribution in [2.24, 2.45) is 0 Å². The number of hydrogen-bond acceptors (Lipinski definition) is 6. The number of nitrogens with zero attached hydrogens (tertiary/aromatic N) is 1. The van der Waals surface area contributed by atoms with E-state index in [1.54, 1.807) is 44.2 Å². The largest absolute Gasteiger partial charge is 0.480 e. The fraction of sp³-hybridized carbons (Fsp3) is 0.333. The van der Waals surface area contributed by atoms with Gasteiger partial charge in [-0.2, -0.15) is 0 Å². The molecule has 0 aliphatic rings. The first-order valence-electron chi connectivity index (χ1n) is 12.8. The smallest absolute Gasteiger partial charge is 0.320 e. The molecule has 10 heteroatoms. The number of hydrogen-bond donors (Lipinski definition) is 3. The van der Waals surface area contributed by atoms with E-state index in [0.717, 1.165) is 22.3 Å². The molecule has 0 aliphatic heterocycles. The van der Waals surface area contributed by atoms with Crippen molar-refractivity contribution < 1.29 is 23.1 Å². The van der Waals surface area contributed by atoms with E-state index in [1.165, 1.54) is 0 Å². The molecular formula is C30H36ClN3O5S. The van der Waals surface area contributed by atoms with Gasteiger partial charge in [0.05, 0.1) is 11.4 Å². The fourth-order valence-electron chi connectivity index (χ4n) is 4.59. The minimum atomic E-state index is -3.85. The van der Waals surface area contributed by atoms with Crippen LogP contribution in [0.2, 0.25) is 5.02 Å². The minimum Gasteiger partial charge on any atom is -0.480 e. The maximum absolute atomic E-state index is 13.2. The number of sulfonamides is 1. The molecule has 0 aliphatic carbocycles. The van der Waals surface area contributed by atoms with Gasteiger partial charge >= 0.3 is 5.97 Å². The van der Waals surface area contributed by atoms with Crippen molar-refractivity contribution in [1.82, 2.24) is 10.2 Å². The number of benzene rings is 3. The van der Waals surface area contributed by atoms with Crippen LogP contribution in [0.4, 0.5) is 5.69 Å². The molecule has 0 aromatic heterocycles. The quantitative estimate of drug-likeness (QED) is 0.250. The topological polar surface area (TPSA) is 116 Å². The number of carboxylic acids is 1. The average molecular weight is 586 g/mol. The van der Waals surface area contributed by atoms with E-state index in [2.05, 4.69) is 10.0 Å². The van der Waals surface area contributed by atoms with Gasteiger partial charge in [0.25, 0.3) is 10.0 Å². The molecule has 8 nitrogen and oxygen atoms in total. The van der Waals surface area contributed by atoms with E-state index >= 15 is 0 Å². The van der Waals surface area contributed by atoms with Crippen LogP contribution >= 0.6 is 11.6 Å². The Kier molecular flexibility index (Phi) is 10.1. The zero-order valence-corrected chi connectivity index (χ0v) is 25.2. The molecule has 0 saturated heterocycles. The van der Waals surface area contributed by atoms with Crippen LogP contribution < -0.4 is 10.0 Å². The summed E-state index contributed by atoms with van der Waals surface area (Å²) in [7, 11) is -0.119. The van der Waals surface area contributed by atoms with Crippen molar-refractivity contribution in [3.63, 3.8) is 0 Å². The Morgan fingerprint density at radius 3 is 2.17 bits per heavy atom. The van der Waals surface area contributed by atoms with Crippen LogP contribution in [0.15, 0.2) is 53.4 Å². The lowest BCUT2D eigenvalue weighted by Gasteiger charge is -2.18. The monoisotopic (exact) mass is 585 g/mol. The van der Waals surface area contributed by atoms with Crippen LogP contribution in [-0.4, -0.2) is 63.4 Å². The summed E-state index contributed by atoms with van der Waals surface area (Å²) in [6, 6.07) is 13.2. The number of carboxylic acid groups (broad SMARTS) is 1. The number of rotatable bonds is 12. The lowest BCUT2D eigenvalue weighted by molar-refractivity contribution is -0.139. The Bertz CT molecular complexity index is 1510. The highest BCUT2D eigenvalue weighted by atomic mass is 35.5. The van der Waals surface area contributed by atoms with E-state index in [0.29, 0.717) is 40.4 Å². The van der Waals surface area contributed by atoms with Crippen molar-refractivity contribution in [3.05, 3.63) is 81.4 Å². The molecule has 0 bridgehead atoms. The van der Waals surface area contributed by atoms with Crippen molar-refractivity contribution in [3.8, 4) is 11.1 Å². The predicted octanol–water partition coefficient (Wildman–Crippen LogP) is 5.22. The van der Waals surface area contributed by atoms with Gasteiger partial charge in [-0.15, -0.1) is 0 Å². The maximum Gasteiger partial charge on any atom is 0.320 e. The van der Waals surface area contributed by atoms with Gasteiger partial charge in [-0.1, -0.05) is 35.9 Å². The number of aliphatic carboxylic acids is 1. The van der Waals surface area contributed by atoms with Crippen LogP contribution in [0.25, 0.3) is 11.1 Å². The van der Waals surface area contributed by atoms with E-state index in [-0.39, 0.29) is 17.2 Å². The zero-order chi connectivity index (χ0) is 29.8. The number of nitrogens with one attached hydrogen (secondary N) is 2. The normalized spacial score (nSPS) is 12.4. The van der Waals surface area contributed by atoms with Gasteiger partial charge < -0.3 is 10.0 Å². The van der Waals surface area contributed by atoms with Crippen LogP contribution in [0.5, 0.6) is 0 Å². The van der Waals surface area contributed by atoms with Gasteiger partial charge in [0.1, 0.15) is 6.04 Å². The van der Waals surface area contributed by atoms with Gasteiger partial charge in [0.15, 0.2) is 5.78 Å². The Morgan fingerprint density at radius 1 is 0.925 bits per heavy atom. The molecule has 0 fully saturated rings. The molecule has 0 unspecified atom stereocenters. The molecule has 0 amide bonds. The lowest BCUT2D eigenvalue weighted by Crippen LogP contribution is -2.41. The van der Waals surface area contributed by atoms with Crippen LogP contribution in [-0.2, 0) is 14.8 Å². The zero-order valence-electron chi connectivity index (χ0n) is 23.6. The SMILES string of the molecule is Cc1cc(S(=O)(=O)Nc2cccc(-c3cc(C)c(C(=O)CN[C@@H](CCN(C)C)C(=O)O)c(C)c3)c2)c(C)cc1Cl. The van der Waals surface area contributed by atoms with Crippen molar-refractivity contribution >= 4 is 39.1 Å². The van der Waals surface area contributed by atoms with Gasteiger partial charge in [-0.05, 0) is 112 Å². The number of Topliss-reactive ketones (excluding diaryl/α,β-unsaturated/α-hetero) is 1. The van der Waals surface area contributed by atoms with Gasteiger partial charge in [0, 0.05) is 16.3 Å². The Labute approximate surface area is 241 Å². The summed E-state index contributed by atoms with van der Waals surface area (Å²) < 4.78 is 29.0. The summed E-state index contributed by atoms with van der Waals surface area (Å²) >= 11 is 6.14. The first-order valence-corrected chi connectivity index (χ1v) is 14.7. The van der Waals surface area contributed by atoms with Gasteiger partial charge in [-0.3, -0.25) is 19.6 Å². The Hall–Kier alpha value is -3.24. The van der Waals surface area contributed by atoms with Crippen LogP contribution in [0.3, 0.4) is 0 Å². The van der Waals surface area contributed by atoms with Crippen LogP contribution in [0.1, 0.15) is 39.0 Å². The van der Waals surface area contributed by atoms with E-state index in [9.17, 15) is 23.1 Å². The molecule has 0 spiro atoms. The minimum absolute atomic E-state index is 0.0910. The summed E-state index contributed by atoms with van der Waals surface area (Å²) in [5, 5.41) is 12.9. The molecular weight excluding hydrogens is 550 g/mol. The molecule has 0 saturated carbocycles. The molecule has 0 radical (unpaired) electrons. The summed E-state index contributed by atoms with van der Waals surface area (Å²) in [4.78, 5) is 26.7. The standard InChI is InChI=1S/C30H36ClN3O5S/c1-18-15-28(19(2)14-25(18)31)40(38,39)33-24-9-7-8-22(16-24)23-12-20(3)29(21(4)13-23)27(35)17-32-26(30(36)37)10-11-34(5)6/h7-9,12-16,26,32-33H,10-11,17H2,1-6H3,(H,36,37)/t26-/m0/s1. The average Bonchev–Trinajstić information content (AvgIpc) is 2.85. The van der Waals surface area contributed by atoms with Crippen molar-refractivity contribution in [1.29, 1.82) is 0 Å². The van der Waals surface area contributed by atoms with E-state index in [1.807, 2.05) is 51.0 Å². The molecule has 3 N–H and O–H groups in total. The fourth-order valence-corrected chi connectivity index (χ4v) is 6.17. The summed E-state index contributed by atoms with van der Waals surface area (Å²) in [5.41, 5.74) is 5.27. The van der Waals surface area contributed by atoms with E-state index in [4.69, 9.17) is 11.6 Å². The van der Waals surface area contributed by atoms with E-state index < -0.39 is 22.0 Å². The lowest BCUT2D eigenvalue weighted by atomic mass is 9.93. The molecule has 3 aromatic rings. The molecule has 40 heavy (non-hydrogen) atoms. The molecule has 1 atom stereocenters. The highest BCUT2D eigenvalue weighted by molar-refractivity contribution is 7.92. The second-order valence-corrected chi connectivity index (χ2v) is 12.4. The molecule has 3 rings (SSSR count). The number of halogens is 1. The second kappa shape index (κ2) is 13.0. The molecule has 0 heterocycles.